The van der Waals surface area contributed by atoms with Gasteiger partial charge < -0.3 is 15.5 Å². The summed E-state index contributed by atoms with van der Waals surface area (Å²) in [7, 11) is 0. The molecule has 0 aliphatic heterocycles. The molecule has 0 fully saturated rings. The molecule has 3 N–H and O–H groups in total. The van der Waals surface area contributed by atoms with E-state index in [1.807, 2.05) is 0 Å². The van der Waals surface area contributed by atoms with Crippen LogP contribution in [-0.2, 0) is 9.59 Å². The fourth-order valence-corrected chi connectivity index (χ4v) is 1.23. The van der Waals surface area contributed by atoms with Gasteiger partial charge in [-0.25, -0.2) is 4.79 Å². The van der Waals surface area contributed by atoms with Crippen molar-refractivity contribution in [3.63, 3.8) is 0 Å². The Morgan fingerprint density at radius 2 is 1.88 bits per heavy atom. The molecule has 0 spiro atoms. The number of rotatable bonds is 6. The van der Waals surface area contributed by atoms with Crippen LogP contribution in [0.25, 0.3) is 0 Å². The third kappa shape index (κ3) is 3.70. The molecular formula is C11H13NO4. The summed E-state index contributed by atoms with van der Waals surface area (Å²) in [6, 6.07) is 7.73. The number of carboxylic acid groups (broad SMARTS) is 1. The lowest BCUT2D eigenvalue weighted by Gasteiger charge is -2.14. The van der Waals surface area contributed by atoms with Crippen LogP contribution in [0, 0.1) is 0 Å². The Morgan fingerprint density at radius 3 is 2.38 bits per heavy atom. The standard InChI is InChI=1S/C11H13NO4/c13-7-9(14)6-10(11(15)16)12-8-4-2-1-3-5-8/h1-5,10,12-13H,6-7H2,(H,15,16). The summed E-state index contributed by atoms with van der Waals surface area (Å²) in [5.74, 6) is -1.62. The highest BCUT2D eigenvalue weighted by Gasteiger charge is 2.20. The Hall–Kier alpha value is -1.88. The van der Waals surface area contributed by atoms with Crippen LogP contribution in [0.1, 0.15) is 6.42 Å². The minimum absolute atomic E-state index is 0.235. The normalized spacial score (nSPS) is 11.8. The van der Waals surface area contributed by atoms with Crippen molar-refractivity contribution in [2.45, 2.75) is 12.5 Å². The fraction of sp³-hybridized carbons (Fsp3) is 0.273. The van der Waals surface area contributed by atoms with Gasteiger partial charge in [0.2, 0.25) is 0 Å². The van der Waals surface area contributed by atoms with E-state index in [1.54, 1.807) is 30.3 Å². The number of carboxylic acids is 1. The number of Topliss-reactive ketones (excluding diaryl/α,β-unsaturated/α-hetero) is 1. The van der Waals surface area contributed by atoms with E-state index < -0.39 is 24.4 Å². The number of aliphatic carboxylic acids is 1. The van der Waals surface area contributed by atoms with Crippen molar-refractivity contribution in [2.24, 2.45) is 0 Å². The number of para-hydroxylation sites is 1. The maximum absolute atomic E-state index is 11.0. The lowest BCUT2D eigenvalue weighted by molar-refractivity contribution is -0.139. The predicted octanol–water partition coefficient (Wildman–Crippen LogP) is 0.503. The first kappa shape index (κ1) is 12.2. The van der Waals surface area contributed by atoms with E-state index in [2.05, 4.69) is 5.32 Å². The van der Waals surface area contributed by atoms with Gasteiger partial charge in [0.25, 0.3) is 0 Å². The van der Waals surface area contributed by atoms with Crippen molar-refractivity contribution in [2.75, 3.05) is 11.9 Å². The number of aliphatic hydroxyl groups is 1. The molecule has 0 heterocycles. The highest BCUT2D eigenvalue weighted by Crippen LogP contribution is 2.09. The zero-order valence-corrected chi connectivity index (χ0v) is 8.59. The summed E-state index contributed by atoms with van der Waals surface area (Å²) in [5, 5.41) is 20.2. The van der Waals surface area contributed by atoms with E-state index in [0.717, 1.165) is 0 Å². The van der Waals surface area contributed by atoms with Crippen LogP contribution in [-0.4, -0.2) is 34.6 Å². The Kier molecular flexibility index (Phi) is 4.47. The third-order valence-corrected chi connectivity index (χ3v) is 2.02. The number of hydrogen-bond donors (Lipinski definition) is 3. The summed E-state index contributed by atoms with van der Waals surface area (Å²) in [6.45, 7) is -0.639. The topological polar surface area (TPSA) is 86.6 Å². The summed E-state index contributed by atoms with van der Waals surface area (Å²) in [4.78, 5) is 21.8. The van der Waals surface area contributed by atoms with Crippen LogP contribution >= 0.6 is 0 Å². The second-order valence-corrected chi connectivity index (χ2v) is 3.30. The van der Waals surface area contributed by atoms with Crippen LogP contribution in [0.2, 0.25) is 0 Å². The second kappa shape index (κ2) is 5.87. The molecule has 1 aromatic carbocycles. The van der Waals surface area contributed by atoms with Crippen LogP contribution in [0.3, 0.4) is 0 Å². The van der Waals surface area contributed by atoms with Gasteiger partial charge in [-0.3, -0.25) is 4.79 Å². The van der Waals surface area contributed by atoms with Gasteiger partial charge in [0.1, 0.15) is 12.6 Å². The molecule has 0 aromatic heterocycles. The summed E-state index contributed by atoms with van der Waals surface area (Å²) >= 11 is 0. The Bertz CT molecular complexity index is 364. The smallest absolute Gasteiger partial charge is 0.326 e. The zero-order valence-electron chi connectivity index (χ0n) is 8.59. The molecule has 1 aromatic rings. The zero-order chi connectivity index (χ0) is 12.0. The maximum Gasteiger partial charge on any atom is 0.326 e. The summed E-state index contributed by atoms with van der Waals surface area (Å²) < 4.78 is 0. The van der Waals surface area contributed by atoms with Gasteiger partial charge in [-0.05, 0) is 12.1 Å². The molecule has 0 aliphatic carbocycles. The maximum atomic E-state index is 11.0. The van der Waals surface area contributed by atoms with Crippen molar-refractivity contribution in [3.8, 4) is 0 Å². The van der Waals surface area contributed by atoms with Gasteiger partial charge in [0.05, 0.1) is 0 Å². The minimum atomic E-state index is -1.12. The van der Waals surface area contributed by atoms with Crippen LogP contribution in [0.4, 0.5) is 5.69 Å². The number of ketones is 1. The van der Waals surface area contributed by atoms with Gasteiger partial charge in [0, 0.05) is 12.1 Å². The van der Waals surface area contributed by atoms with Crippen LogP contribution in [0.15, 0.2) is 30.3 Å². The van der Waals surface area contributed by atoms with Gasteiger partial charge in [0.15, 0.2) is 5.78 Å². The summed E-state index contributed by atoms with van der Waals surface area (Å²) in [6.07, 6.45) is -0.235. The third-order valence-electron chi connectivity index (χ3n) is 2.02. The van der Waals surface area contributed by atoms with E-state index in [1.165, 1.54) is 0 Å². The van der Waals surface area contributed by atoms with E-state index in [-0.39, 0.29) is 6.42 Å². The SMILES string of the molecule is O=C(CO)CC(Nc1ccccc1)C(=O)O. The van der Waals surface area contributed by atoms with E-state index in [9.17, 15) is 9.59 Å². The Balaban J connectivity index is 2.65. The number of nitrogens with one attached hydrogen (secondary N) is 1. The molecule has 0 radical (unpaired) electrons. The molecule has 1 unspecified atom stereocenters. The lowest BCUT2D eigenvalue weighted by Crippen LogP contribution is -2.32. The van der Waals surface area contributed by atoms with Crippen molar-refractivity contribution in [1.29, 1.82) is 0 Å². The predicted molar refractivity (Wildman–Crippen MR) is 58.2 cm³/mol. The molecule has 0 saturated carbocycles. The molecule has 1 rings (SSSR count). The average molecular weight is 223 g/mol. The number of carbonyl (C=O) groups is 2. The molecule has 5 nitrogen and oxygen atoms in total. The monoisotopic (exact) mass is 223 g/mol. The largest absolute Gasteiger partial charge is 0.480 e. The second-order valence-electron chi connectivity index (χ2n) is 3.30. The molecule has 0 saturated heterocycles. The molecule has 86 valence electrons. The van der Waals surface area contributed by atoms with E-state index in [0.29, 0.717) is 5.69 Å². The molecule has 5 heteroatoms. The number of carbonyl (C=O) groups excluding carboxylic acids is 1. The lowest BCUT2D eigenvalue weighted by atomic mass is 10.1. The number of aliphatic hydroxyl groups excluding tert-OH is 1. The highest BCUT2D eigenvalue weighted by atomic mass is 16.4. The first-order valence-corrected chi connectivity index (χ1v) is 4.80. The Labute approximate surface area is 92.7 Å². The molecular weight excluding hydrogens is 210 g/mol. The van der Waals surface area contributed by atoms with Gasteiger partial charge >= 0.3 is 5.97 Å². The highest BCUT2D eigenvalue weighted by molar-refractivity contribution is 5.88. The van der Waals surface area contributed by atoms with Crippen molar-refractivity contribution in [1.82, 2.24) is 0 Å². The quantitative estimate of drug-likeness (QED) is 0.654. The average Bonchev–Trinajstić information content (AvgIpc) is 2.29. The summed E-state index contributed by atoms with van der Waals surface area (Å²) in [5.41, 5.74) is 0.626. The van der Waals surface area contributed by atoms with Crippen molar-refractivity contribution >= 4 is 17.4 Å². The van der Waals surface area contributed by atoms with Crippen LogP contribution in [0.5, 0.6) is 0 Å². The van der Waals surface area contributed by atoms with Gasteiger partial charge in [-0.2, -0.15) is 0 Å². The molecule has 0 bridgehead atoms. The fourth-order valence-electron chi connectivity index (χ4n) is 1.23. The number of anilines is 1. The van der Waals surface area contributed by atoms with Crippen molar-refractivity contribution in [3.05, 3.63) is 30.3 Å². The first-order chi connectivity index (χ1) is 7.63. The molecule has 1 atom stereocenters. The minimum Gasteiger partial charge on any atom is -0.480 e. The number of benzene rings is 1. The number of hydrogen-bond acceptors (Lipinski definition) is 4. The van der Waals surface area contributed by atoms with Crippen molar-refractivity contribution < 1.29 is 19.8 Å². The molecule has 0 amide bonds. The Morgan fingerprint density at radius 1 is 1.25 bits per heavy atom. The van der Waals surface area contributed by atoms with E-state index in [4.69, 9.17) is 10.2 Å². The molecule has 16 heavy (non-hydrogen) atoms. The first-order valence-electron chi connectivity index (χ1n) is 4.80. The van der Waals surface area contributed by atoms with E-state index >= 15 is 0 Å². The van der Waals surface area contributed by atoms with Gasteiger partial charge in [-0.15, -0.1) is 0 Å². The molecule has 0 aliphatic rings. The van der Waals surface area contributed by atoms with Crippen LogP contribution < -0.4 is 5.32 Å². The van der Waals surface area contributed by atoms with Gasteiger partial charge in [-0.1, -0.05) is 18.2 Å².